The van der Waals surface area contributed by atoms with E-state index in [1.165, 1.54) is 5.56 Å². The summed E-state index contributed by atoms with van der Waals surface area (Å²) >= 11 is 5.31. The molecule has 1 aliphatic rings. The van der Waals surface area contributed by atoms with E-state index in [-0.39, 0.29) is 0 Å². The topological polar surface area (TPSA) is 36.5 Å². The van der Waals surface area contributed by atoms with Crippen molar-refractivity contribution in [2.75, 3.05) is 44.7 Å². The Morgan fingerprint density at radius 2 is 1.95 bits per heavy atom. The van der Waals surface area contributed by atoms with E-state index in [1.54, 1.807) is 0 Å². The summed E-state index contributed by atoms with van der Waals surface area (Å²) in [6, 6.07) is 8.40. The van der Waals surface area contributed by atoms with Crippen LogP contribution in [0.5, 0.6) is 0 Å². The monoisotopic (exact) mass is 307 g/mol. The number of morpholine rings is 1. The molecule has 116 valence electrons. The highest BCUT2D eigenvalue weighted by Gasteiger charge is 2.09. The maximum atomic E-state index is 5.34. The zero-order valence-corrected chi connectivity index (χ0v) is 13.5. The predicted octanol–water partition coefficient (Wildman–Crippen LogP) is 2.26. The summed E-state index contributed by atoms with van der Waals surface area (Å²) in [6.45, 7) is 7.98. The Hall–Kier alpha value is -1.17. The van der Waals surface area contributed by atoms with E-state index in [1.807, 2.05) is 0 Å². The summed E-state index contributed by atoms with van der Waals surface area (Å²) in [5.74, 6) is 0. The van der Waals surface area contributed by atoms with Crippen molar-refractivity contribution in [2.45, 2.75) is 19.8 Å². The Kier molecular flexibility index (Phi) is 6.92. The lowest BCUT2D eigenvalue weighted by Gasteiger charge is -2.26. The standard InChI is InChI=1S/C16H25N3OS/c1-2-14-4-6-15(7-5-14)18-16(21)17-8-3-9-19-10-12-20-13-11-19/h4-7H,2-3,8-13H2,1H3,(H2,17,18,21). The zero-order valence-electron chi connectivity index (χ0n) is 12.7. The normalized spacial score (nSPS) is 15.7. The first-order valence-corrected chi connectivity index (χ1v) is 8.12. The van der Waals surface area contributed by atoms with Crippen molar-refractivity contribution in [3.05, 3.63) is 29.8 Å². The van der Waals surface area contributed by atoms with E-state index >= 15 is 0 Å². The van der Waals surface area contributed by atoms with Crippen molar-refractivity contribution >= 4 is 23.0 Å². The minimum atomic E-state index is 0.696. The average Bonchev–Trinajstić information content (AvgIpc) is 2.53. The summed E-state index contributed by atoms with van der Waals surface area (Å²) in [6.07, 6.45) is 2.15. The average molecular weight is 307 g/mol. The van der Waals surface area contributed by atoms with Crippen molar-refractivity contribution in [3.63, 3.8) is 0 Å². The van der Waals surface area contributed by atoms with Crippen LogP contribution in [0.15, 0.2) is 24.3 Å². The fraction of sp³-hybridized carbons (Fsp3) is 0.562. The van der Waals surface area contributed by atoms with Crippen LogP contribution in [0.4, 0.5) is 5.69 Å². The van der Waals surface area contributed by atoms with Gasteiger partial charge in [0.25, 0.3) is 0 Å². The molecule has 1 saturated heterocycles. The summed E-state index contributed by atoms with van der Waals surface area (Å²) < 4.78 is 5.34. The molecule has 0 aliphatic carbocycles. The molecule has 0 radical (unpaired) electrons. The van der Waals surface area contributed by atoms with Gasteiger partial charge in [-0.3, -0.25) is 4.90 Å². The molecule has 1 heterocycles. The Bertz CT molecular complexity index is 430. The van der Waals surface area contributed by atoms with Gasteiger partial charge in [-0.1, -0.05) is 19.1 Å². The summed E-state index contributed by atoms with van der Waals surface area (Å²) in [4.78, 5) is 2.44. The van der Waals surface area contributed by atoms with Crippen LogP contribution in [0.2, 0.25) is 0 Å². The molecule has 0 unspecified atom stereocenters. The number of hydrogen-bond acceptors (Lipinski definition) is 3. The van der Waals surface area contributed by atoms with Gasteiger partial charge in [0.15, 0.2) is 5.11 Å². The van der Waals surface area contributed by atoms with Gasteiger partial charge in [0.05, 0.1) is 13.2 Å². The molecule has 0 bridgehead atoms. The van der Waals surface area contributed by atoms with Crippen LogP contribution in [-0.2, 0) is 11.2 Å². The van der Waals surface area contributed by atoms with Crippen molar-refractivity contribution in [3.8, 4) is 0 Å². The lowest BCUT2D eigenvalue weighted by atomic mass is 10.1. The number of nitrogens with zero attached hydrogens (tertiary/aromatic N) is 1. The van der Waals surface area contributed by atoms with Gasteiger partial charge in [-0.2, -0.15) is 0 Å². The quantitative estimate of drug-likeness (QED) is 0.623. The maximum absolute atomic E-state index is 5.34. The lowest BCUT2D eigenvalue weighted by molar-refractivity contribution is 0.0376. The molecule has 0 atom stereocenters. The van der Waals surface area contributed by atoms with Gasteiger partial charge in [0.2, 0.25) is 0 Å². The van der Waals surface area contributed by atoms with Gasteiger partial charge in [0.1, 0.15) is 0 Å². The van der Waals surface area contributed by atoms with E-state index in [0.717, 1.165) is 57.9 Å². The maximum Gasteiger partial charge on any atom is 0.170 e. The molecule has 0 spiro atoms. The van der Waals surface area contributed by atoms with E-state index in [0.29, 0.717) is 5.11 Å². The van der Waals surface area contributed by atoms with E-state index in [9.17, 15) is 0 Å². The number of anilines is 1. The number of hydrogen-bond donors (Lipinski definition) is 2. The van der Waals surface area contributed by atoms with Crippen LogP contribution in [0.1, 0.15) is 18.9 Å². The summed E-state index contributed by atoms with van der Waals surface area (Å²) in [7, 11) is 0. The third-order valence-electron chi connectivity index (χ3n) is 3.66. The molecule has 1 aromatic carbocycles. The Balaban J connectivity index is 1.60. The fourth-order valence-electron chi connectivity index (χ4n) is 2.33. The van der Waals surface area contributed by atoms with Crippen molar-refractivity contribution in [2.24, 2.45) is 0 Å². The molecular formula is C16H25N3OS. The molecule has 21 heavy (non-hydrogen) atoms. The number of aryl methyl sites for hydroxylation is 1. The van der Waals surface area contributed by atoms with E-state index in [4.69, 9.17) is 17.0 Å². The number of thiocarbonyl (C=S) groups is 1. The first kappa shape index (κ1) is 16.2. The van der Waals surface area contributed by atoms with Crippen molar-refractivity contribution < 1.29 is 4.74 Å². The van der Waals surface area contributed by atoms with E-state index in [2.05, 4.69) is 46.7 Å². The highest BCUT2D eigenvalue weighted by Crippen LogP contribution is 2.09. The molecule has 4 nitrogen and oxygen atoms in total. The number of nitrogens with one attached hydrogen (secondary N) is 2. The molecule has 0 aromatic heterocycles. The molecule has 0 saturated carbocycles. The second kappa shape index (κ2) is 8.97. The third-order valence-corrected chi connectivity index (χ3v) is 3.91. The van der Waals surface area contributed by atoms with Crippen LogP contribution in [-0.4, -0.2) is 49.4 Å². The van der Waals surface area contributed by atoms with Gasteiger partial charge in [0, 0.05) is 25.3 Å². The van der Waals surface area contributed by atoms with Gasteiger partial charge < -0.3 is 15.4 Å². The first-order valence-electron chi connectivity index (χ1n) is 7.72. The molecule has 5 heteroatoms. The summed E-state index contributed by atoms with van der Waals surface area (Å²) in [5.41, 5.74) is 2.38. The largest absolute Gasteiger partial charge is 0.379 e. The lowest BCUT2D eigenvalue weighted by Crippen LogP contribution is -2.38. The molecule has 0 amide bonds. The minimum absolute atomic E-state index is 0.696. The van der Waals surface area contributed by atoms with Gasteiger partial charge >= 0.3 is 0 Å². The molecular weight excluding hydrogens is 282 g/mol. The third kappa shape index (κ3) is 5.99. The van der Waals surface area contributed by atoms with Crippen LogP contribution in [0, 0.1) is 0 Å². The van der Waals surface area contributed by atoms with Crippen molar-refractivity contribution in [1.29, 1.82) is 0 Å². The number of rotatable bonds is 6. The number of benzene rings is 1. The molecule has 2 N–H and O–H groups in total. The van der Waals surface area contributed by atoms with Crippen LogP contribution in [0.3, 0.4) is 0 Å². The number of ether oxygens (including phenoxy) is 1. The first-order chi connectivity index (χ1) is 10.3. The van der Waals surface area contributed by atoms with E-state index < -0.39 is 0 Å². The Morgan fingerprint density at radius 1 is 1.24 bits per heavy atom. The molecule has 2 rings (SSSR count). The predicted molar refractivity (Wildman–Crippen MR) is 91.9 cm³/mol. The van der Waals surface area contributed by atoms with Crippen LogP contribution < -0.4 is 10.6 Å². The molecule has 1 aliphatic heterocycles. The summed E-state index contributed by atoms with van der Waals surface area (Å²) in [5, 5.41) is 7.18. The second-order valence-corrected chi connectivity index (χ2v) is 5.65. The Labute approximate surface area is 132 Å². The van der Waals surface area contributed by atoms with Crippen LogP contribution >= 0.6 is 12.2 Å². The minimum Gasteiger partial charge on any atom is -0.379 e. The Morgan fingerprint density at radius 3 is 2.62 bits per heavy atom. The smallest absolute Gasteiger partial charge is 0.170 e. The van der Waals surface area contributed by atoms with Gasteiger partial charge in [-0.15, -0.1) is 0 Å². The zero-order chi connectivity index (χ0) is 14.9. The van der Waals surface area contributed by atoms with Crippen molar-refractivity contribution in [1.82, 2.24) is 10.2 Å². The fourth-order valence-corrected chi connectivity index (χ4v) is 2.55. The van der Waals surface area contributed by atoms with Gasteiger partial charge in [-0.25, -0.2) is 0 Å². The highest BCUT2D eigenvalue weighted by molar-refractivity contribution is 7.80. The molecule has 1 aromatic rings. The highest BCUT2D eigenvalue weighted by atomic mass is 32.1. The molecule has 1 fully saturated rings. The SMILES string of the molecule is CCc1ccc(NC(=S)NCCCN2CCOCC2)cc1. The van der Waals surface area contributed by atoms with Crippen LogP contribution in [0.25, 0.3) is 0 Å². The second-order valence-electron chi connectivity index (χ2n) is 5.24. The van der Waals surface area contributed by atoms with Gasteiger partial charge in [-0.05, 0) is 49.3 Å².